The van der Waals surface area contributed by atoms with Crippen LogP contribution in [0, 0.1) is 0 Å². The van der Waals surface area contributed by atoms with E-state index in [1.54, 1.807) is 17.4 Å². The first-order chi connectivity index (χ1) is 10.1. The van der Waals surface area contributed by atoms with E-state index in [2.05, 4.69) is 15.1 Å². The number of hydrogen-bond acceptors (Lipinski definition) is 6. The third-order valence-electron chi connectivity index (χ3n) is 3.55. The van der Waals surface area contributed by atoms with Crippen LogP contribution in [0.3, 0.4) is 0 Å². The summed E-state index contributed by atoms with van der Waals surface area (Å²) in [6, 6.07) is 4.88. The molecule has 2 aromatic rings. The van der Waals surface area contributed by atoms with E-state index >= 15 is 0 Å². The lowest BCUT2D eigenvalue weighted by Gasteiger charge is -2.23. The number of nitrogen functional groups attached to an aromatic ring is 1. The van der Waals surface area contributed by atoms with Crippen LogP contribution in [0.15, 0.2) is 34.7 Å². The summed E-state index contributed by atoms with van der Waals surface area (Å²) in [5.41, 5.74) is 3.41. The summed E-state index contributed by atoms with van der Waals surface area (Å²) < 4.78 is 27.9. The van der Waals surface area contributed by atoms with Gasteiger partial charge in [0.05, 0.1) is 0 Å². The van der Waals surface area contributed by atoms with Gasteiger partial charge in [0.25, 0.3) is 0 Å². The molecular formula is C13H16N4O2S2. The molecule has 1 aliphatic rings. The molecule has 0 bridgehead atoms. The van der Waals surface area contributed by atoms with Crippen molar-refractivity contribution in [1.82, 2.24) is 9.71 Å². The Hall–Kier alpha value is -1.48. The molecule has 0 fully saturated rings. The van der Waals surface area contributed by atoms with E-state index in [0.29, 0.717) is 0 Å². The molecule has 21 heavy (non-hydrogen) atoms. The van der Waals surface area contributed by atoms with Gasteiger partial charge in [0.1, 0.15) is 4.90 Å². The molecule has 8 heteroatoms. The van der Waals surface area contributed by atoms with Gasteiger partial charge < -0.3 is 5.43 Å². The first-order valence-electron chi connectivity index (χ1n) is 6.62. The van der Waals surface area contributed by atoms with Crippen LogP contribution in [0.5, 0.6) is 0 Å². The molecule has 0 radical (unpaired) electrons. The molecule has 2 heterocycles. The van der Waals surface area contributed by atoms with Gasteiger partial charge in [0.15, 0.2) is 5.82 Å². The zero-order chi connectivity index (χ0) is 14.9. The Morgan fingerprint density at radius 1 is 1.38 bits per heavy atom. The molecule has 112 valence electrons. The van der Waals surface area contributed by atoms with Gasteiger partial charge in [-0.15, -0.1) is 11.3 Å². The molecule has 1 atom stereocenters. The average Bonchev–Trinajstić information content (AvgIpc) is 2.96. The van der Waals surface area contributed by atoms with Crippen molar-refractivity contribution in [3.63, 3.8) is 0 Å². The van der Waals surface area contributed by atoms with Crippen molar-refractivity contribution in [3.8, 4) is 0 Å². The SMILES string of the molecule is NNc1ncccc1S(=O)(=O)NC1CCCc2sccc21. The molecule has 2 aromatic heterocycles. The number of hydrogen-bond donors (Lipinski definition) is 3. The maximum atomic E-state index is 12.6. The molecule has 1 unspecified atom stereocenters. The number of sulfonamides is 1. The highest BCUT2D eigenvalue weighted by Crippen LogP contribution is 2.34. The van der Waals surface area contributed by atoms with Crippen LogP contribution in [0.1, 0.15) is 29.3 Å². The van der Waals surface area contributed by atoms with E-state index in [4.69, 9.17) is 5.84 Å². The van der Waals surface area contributed by atoms with Crippen LogP contribution in [0.4, 0.5) is 5.82 Å². The van der Waals surface area contributed by atoms with Gasteiger partial charge >= 0.3 is 0 Å². The van der Waals surface area contributed by atoms with Crippen LogP contribution in [0.25, 0.3) is 0 Å². The highest BCUT2D eigenvalue weighted by Gasteiger charge is 2.28. The zero-order valence-electron chi connectivity index (χ0n) is 11.2. The van der Waals surface area contributed by atoms with Gasteiger partial charge in [-0.25, -0.2) is 24.0 Å². The predicted molar refractivity (Wildman–Crippen MR) is 82.4 cm³/mol. The van der Waals surface area contributed by atoms with Crippen molar-refractivity contribution in [2.45, 2.75) is 30.2 Å². The molecule has 4 N–H and O–H groups in total. The molecule has 0 saturated carbocycles. The van der Waals surface area contributed by atoms with Crippen LogP contribution in [0.2, 0.25) is 0 Å². The highest BCUT2D eigenvalue weighted by molar-refractivity contribution is 7.89. The minimum absolute atomic E-state index is 0.0647. The number of nitrogens with two attached hydrogens (primary N) is 1. The van der Waals surface area contributed by atoms with E-state index in [0.717, 1.165) is 24.8 Å². The van der Waals surface area contributed by atoms with E-state index in [1.807, 2.05) is 11.4 Å². The van der Waals surface area contributed by atoms with E-state index in [1.165, 1.54) is 17.1 Å². The molecule has 1 aliphatic carbocycles. The number of nitrogens with zero attached hydrogens (tertiary/aromatic N) is 1. The van der Waals surface area contributed by atoms with Crippen molar-refractivity contribution in [3.05, 3.63) is 40.2 Å². The maximum Gasteiger partial charge on any atom is 0.244 e. The summed E-state index contributed by atoms with van der Waals surface area (Å²) in [4.78, 5) is 5.26. The summed E-state index contributed by atoms with van der Waals surface area (Å²) in [5, 5.41) is 2.01. The van der Waals surface area contributed by atoms with E-state index < -0.39 is 10.0 Å². The Balaban J connectivity index is 1.91. The van der Waals surface area contributed by atoms with Crippen LogP contribution in [-0.4, -0.2) is 13.4 Å². The summed E-state index contributed by atoms with van der Waals surface area (Å²) in [6.45, 7) is 0. The maximum absolute atomic E-state index is 12.6. The summed E-state index contributed by atoms with van der Waals surface area (Å²) >= 11 is 1.68. The normalized spacial score (nSPS) is 18.2. The first kappa shape index (κ1) is 14.5. The third-order valence-corrected chi connectivity index (χ3v) is 6.05. The summed E-state index contributed by atoms with van der Waals surface area (Å²) in [7, 11) is -3.67. The monoisotopic (exact) mass is 324 g/mol. The Morgan fingerprint density at radius 3 is 3.05 bits per heavy atom. The number of nitrogens with one attached hydrogen (secondary N) is 2. The second kappa shape index (κ2) is 5.72. The van der Waals surface area contributed by atoms with Crippen LogP contribution in [-0.2, 0) is 16.4 Å². The Kier molecular flexibility index (Phi) is 3.94. The predicted octanol–water partition coefficient (Wildman–Crippen LogP) is 1.78. The van der Waals surface area contributed by atoms with Gasteiger partial charge in [-0.2, -0.15) is 0 Å². The Morgan fingerprint density at radius 2 is 2.24 bits per heavy atom. The smallest absolute Gasteiger partial charge is 0.244 e. The largest absolute Gasteiger partial charge is 0.307 e. The number of aromatic nitrogens is 1. The average molecular weight is 324 g/mol. The molecule has 0 aromatic carbocycles. The topological polar surface area (TPSA) is 97.1 Å². The first-order valence-corrected chi connectivity index (χ1v) is 8.98. The van der Waals surface area contributed by atoms with Gasteiger partial charge in [0.2, 0.25) is 10.0 Å². The van der Waals surface area contributed by atoms with Crippen molar-refractivity contribution < 1.29 is 8.42 Å². The molecule has 0 amide bonds. The Bertz CT molecular complexity index is 742. The van der Waals surface area contributed by atoms with Crippen molar-refractivity contribution >= 4 is 27.2 Å². The molecular weight excluding hydrogens is 308 g/mol. The molecule has 0 saturated heterocycles. The second-order valence-electron chi connectivity index (χ2n) is 4.86. The lowest BCUT2D eigenvalue weighted by atomic mass is 9.95. The minimum Gasteiger partial charge on any atom is -0.307 e. The zero-order valence-corrected chi connectivity index (χ0v) is 12.9. The van der Waals surface area contributed by atoms with E-state index in [9.17, 15) is 8.42 Å². The highest BCUT2D eigenvalue weighted by atomic mass is 32.2. The number of pyridine rings is 1. The number of rotatable bonds is 4. The minimum atomic E-state index is -3.67. The van der Waals surface area contributed by atoms with Gasteiger partial charge in [-0.05, 0) is 48.4 Å². The lowest BCUT2D eigenvalue weighted by Crippen LogP contribution is -2.31. The number of hydrazine groups is 1. The van der Waals surface area contributed by atoms with Crippen molar-refractivity contribution in [2.75, 3.05) is 5.43 Å². The van der Waals surface area contributed by atoms with Gasteiger partial charge in [0, 0.05) is 17.1 Å². The fourth-order valence-corrected chi connectivity index (χ4v) is 4.93. The quantitative estimate of drug-likeness (QED) is 0.588. The molecule has 0 aliphatic heterocycles. The standard InChI is InChI=1S/C13H16N4O2S2/c14-16-13-12(5-2-7-15-13)21(18,19)17-10-3-1-4-11-9(10)6-8-20-11/h2,5-8,10,17H,1,3-4,14H2,(H,15,16). The lowest BCUT2D eigenvalue weighted by molar-refractivity contribution is 0.511. The number of fused-ring (bicyclic) bond motifs is 1. The van der Waals surface area contributed by atoms with Crippen molar-refractivity contribution in [2.24, 2.45) is 5.84 Å². The number of aryl methyl sites for hydroxylation is 1. The van der Waals surface area contributed by atoms with Crippen molar-refractivity contribution in [1.29, 1.82) is 0 Å². The van der Waals surface area contributed by atoms with Gasteiger partial charge in [-0.1, -0.05) is 0 Å². The van der Waals surface area contributed by atoms with Crippen LogP contribution >= 0.6 is 11.3 Å². The fraction of sp³-hybridized carbons (Fsp3) is 0.308. The fourth-order valence-electron chi connectivity index (χ4n) is 2.58. The summed E-state index contributed by atoms with van der Waals surface area (Å²) in [5.74, 6) is 5.48. The summed E-state index contributed by atoms with van der Waals surface area (Å²) in [6.07, 6.45) is 4.30. The number of thiophene rings is 1. The number of anilines is 1. The third kappa shape index (κ3) is 2.80. The van der Waals surface area contributed by atoms with E-state index in [-0.39, 0.29) is 16.8 Å². The molecule has 0 spiro atoms. The van der Waals surface area contributed by atoms with Crippen LogP contribution < -0.4 is 16.0 Å². The molecule has 3 rings (SSSR count). The second-order valence-corrected chi connectivity index (χ2v) is 7.54. The van der Waals surface area contributed by atoms with Gasteiger partial charge in [-0.3, -0.25) is 0 Å². The Labute approximate surface area is 127 Å². The molecule has 6 nitrogen and oxygen atoms in total.